The second-order valence-electron chi connectivity index (χ2n) is 4.51. The predicted octanol–water partition coefficient (Wildman–Crippen LogP) is -0.201. The van der Waals surface area contributed by atoms with Crippen molar-refractivity contribution in [2.24, 2.45) is 10.9 Å². The molecule has 1 saturated heterocycles. The van der Waals surface area contributed by atoms with Crippen LogP contribution in [0.3, 0.4) is 0 Å². The molecule has 19 heavy (non-hydrogen) atoms. The van der Waals surface area contributed by atoms with Gasteiger partial charge in [-0.3, -0.25) is 4.98 Å². The smallest absolute Gasteiger partial charge is 0.190 e. The molecule has 1 atom stereocenters. The highest BCUT2D eigenvalue weighted by molar-refractivity contribution is 7.91. The molecule has 1 aliphatic heterocycles. The molecular formula is C11H16N4O3S. The van der Waals surface area contributed by atoms with E-state index in [0.29, 0.717) is 17.9 Å². The number of pyridine rings is 1. The van der Waals surface area contributed by atoms with Crippen molar-refractivity contribution in [3.8, 4) is 0 Å². The SMILES string of the molecule is CC1CS(=O)(=O)CCN1c1cccnc1/C(N)=N/O. The predicted molar refractivity (Wildman–Crippen MR) is 72.2 cm³/mol. The lowest BCUT2D eigenvalue weighted by Crippen LogP contribution is -2.47. The van der Waals surface area contributed by atoms with Gasteiger partial charge in [0.1, 0.15) is 5.69 Å². The van der Waals surface area contributed by atoms with Crippen LogP contribution >= 0.6 is 0 Å². The van der Waals surface area contributed by atoms with Crippen LogP contribution in [0.15, 0.2) is 23.5 Å². The summed E-state index contributed by atoms with van der Waals surface area (Å²) in [5.41, 5.74) is 6.63. The monoisotopic (exact) mass is 284 g/mol. The summed E-state index contributed by atoms with van der Waals surface area (Å²) < 4.78 is 23.2. The highest BCUT2D eigenvalue weighted by Gasteiger charge is 2.30. The summed E-state index contributed by atoms with van der Waals surface area (Å²) in [6.45, 7) is 2.21. The molecule has 0 aromatic carbocycles. The van der Waals surface area contributed by atoms with E-state index in [4.69, 9.17) is 10.9 Å². The van der Waals surface area contributed by atoms with Gasteiger partial charge in [-0.05, 0) is 19.1 Å². The number of amidine groups is 1. The lowest BCUT2D eigenvalue weighted by Gasteiger charge is -2.35. The largest absolute Gasteiger partial charge is 0.409 e. The second kappa shape index (κ2) is 5.04. The highest BCUT2D eigenvalue weighted by Crippen LogP contribution is 2.24. The fraction of sp³-hybridized carbons (Fsp3) is 0.455. The topological polar surface area (TPSA) is 109 Å². The molecule has 0 saturated carbocycles. The van der Waals surface area contributed by atoms with E-state index in [9.17, 15) is 8.42 Å². The summed E-state index contributed by atoms with van der Waals surface area (Å²) in [7, 11) is -2.98. The first-order valence-corrected chi connectivity index (χ1v) is 7.67. The molecule has 1 fully saturated rings. The van der Waals surface area contributed by atoms with E-state index in [-0.39, 0.29) is 23.4 Å². The first-order chi connectivity index (χ1) is 8.94. The van der Waals surface area contributed by atoms with Crippen molar-refractivity contribution in [3.05, 3.63) is 24.0 Å². The van der Waals surface area contributed by atoms with Crippen LogP contribution in [0.2, 0.25) is 0 Å². The maximum Gasteiger partial charge on any atom is 0.190 e. The zero-order valence-corrected chi connectivity index (χ0v) is 11.3. The van der Waals surface area contributed by atoms with E-state index in [2.05, 4.69) is 10.1 Å². The van der Waals surface area contributed by atoms with Crippen molar-refractivity contribution in [2.75, 3.05) is 23.0 Å². The van der Waals surface area contributed by atoms with Crippen molar-refractivity contribution in [1.29, 1.82) is 0 Å². The van der Waals surface area contributed by atoms with Gasteiger partial charge in [-0.2, -0.15) is 0 Å². The van der Waals surface area contributed by atoms with Crippen molar-refractivity contribution >= 4 is 21.4 Å². The zero-order valence-electron chi connectivity index (χ0n) is 10.5. The molecule has 3 N–H and O–H groups in total. The Hall–Kier alpha value is -1.83. The molecule has 0 aliphatic carbocycles. The molecule has 7 nitrogen and oxygen atoms in total. The van der Waals surface area contributed by atoms with Gasteiger partial charge in [0.2, 0.25) is 0 Å². The van der Waals surface area contributed by atoms with Crippen molar-refractivity contribution in [1.82, 2.24) is 4.98 Å². The minimum absolute atomic E-state index is 0.0868. The Kier molecular flexibility index (Phi) is 3.61. The Morgan fingerprint density at radius 3 is 3.00 bits per heavy atom. The minimum Gasteiger partial charge on any atom is -0.409 e. The van der Waals surface area contributed by atoms with Crippen LogP contribution in [0.5, 0.6) is 0 Å². The van der Waals surface area contributed by atoms with Crippen LogP contribution in [0.1, 0.15) is 12.6 Å². The number of hydrogen-bond donors (Lipinski definition) is 2. The summed E-state index contributed by atoms with van der Waals surface area (Å²) in [6, 6.07) is 3.35. The van der Waals surface area contributed by atoms with E-state index >= 15 is 0 Å². The van der Waals surface area contributed by atoms with Gasteiger partial charge >= 0.3 is 0 Å². The average Bonchev–Trinajstić information content (AvgIpc) is 2.37. The minimum atomic E-state index is -2.98. The number of anilines is 1. The number of hydrogen-bond acceptors (Lipinski definition) is 6. The number of oxime groups is 1. The maximum atomic E-state index is 11.6. The zero-order chi connectivity index (χ0) is 14.0. The van der Waals surface area contributed by atoms with Crippen LogP contribution in [0.4, 0.5) is 5.69 Å². The molecule has 104 valence electrons. The summed E-state index contributed by atoms with van der Waals surface area (Å²) in [6.07, 6.45) is 1.54. The third-order valence-corrected chi connectivity index (χ3v) is 4.91. The van der Waals surface area contributed by atoms with Crippen molar-refractivity contribution < 1.29 is 13.6 Å². The molecule has 1 aliphatic rings. The van der Waals surface area contributed by atoms with Crippen molar-refractivity contribution in [2.45, 2.75) is 13.0 Å². The summed E-state index contributed by atoms with van der Waals surface area (Å²) in [4.78, 5) is 6.01. The lowest BCUT2D eigenvalue weighted by molar-refractivity contribution is 0.318. The van der Waals surface area contributed by atoms with Crippen LogP contribution < -0.4 is 10.6 Å². The fourth-order valence-electron chi connectivity index (χ4n) is 2.23. The molecule has 1 aromatic rings. The standard InChI is InChI=1S/C11H16N4O3S/c1-8-7-19(17,18)6-5-15(8)9-3-2-4-13-10(9)11(12)14-16/h2-4,8,16H,5-7H2,1H3,(H2,12,14). The Balaban J connectivity index is 2.38. The van der Waals surface area contributed by atoms with Gasteiger partial charge in [0.15, 0.2) is 15.7 Å². The number of nitrogens with two attached hydrogens (primary N) is 1. The Morgan fingerprint density at radius 2 is 2.37 bits per heavy atom. The lowest BCUT2D eigenvalue weighted by atomic mass is 10.2. The number of rotatable bonds is 2. The molecule has 1 aromatic heterocycles. The van der Waals surface area contributed by atoms with Crippen LogP contribution in [-0.2, 0) is 9.84 Å². The Labute approximate surface area is 111 Å². The van der Waals surface area contributed by atoms with Gasteiger partial charge in [-0.15, -0.1) is 0 Å². The molecule has 0 amide bonds. The summed E-state index contributed by atoms with van der Waals surface area (Å²) in [5.74, 6) is 0.107. The second-order valence-corrected chi connectivity index (χ2v) is 6.74. The molecule has 2 heterocycles. The average molecular weight is 284 g/mol. The van der Waals surface area contributed by atoms with E-state index in [0.717, 1.165) is 0 Å². The Morgan fingerprint density at radius 1 is 1.63 bits per heavy atom. The third-order valence-electron chi connectivity index (χ3n) is 3.12. The molecular weight excluding hydrogens is 268 g/mol. The van der Waals surface area contributed by atoms with Gasteiger partial charge in [-0.25, -0.2) is 8.42 Å². The van der Waals surface area contributed by atoms with Gasteiger partial charge in [0.25, 0.3) is 0 Å². The normalized spacial score (nSPS) is 23.3. The van der Waals surface area contributed by atoms with E-state index in [1.54, 1.807) is 18.3 Å². The van der Waals surface area contributed by atoms with Gasteiger partial charge < -0.3 is 15.8 Å². The van der Waals surface area contributed by atoms with Crippen LogP contribution in [0.25, 0.3) is 0 Å². The van der Waals surface area contributed by atoms with Crippen molar-refractivity contribution in [3.63, 3.8) is 0 Å². The van der Waals surface area contributed by atoms with Crippen LogP contribution in [0, 0.1) is 0 Å². The maximum absolute atomic E-state index is 11.6. The van der Waals surface area contributed by atoms with Gasteiger partial charge in [-0.1, -0.05) is 5.16 Å². The van der Waals surface area contributed by atoms with Crippen LogP contribution in [-0.4, -0.2) is 48.5 Å². The van der Waals surface area contributed by atoms with Gasteiger partial charge in [0, 0.05) is 18.8 Å². The van der Waals surface area contributed by atoms with E-state index in [1.807, 2.05) is 11.8 Å². The molecule has 2 rings (SSSR count). The number of sulfone groups is 1. The number of aromatic nitrogens is 1. The first-order valence-electron chi connectivity index (χ1n) is 5.84. The fourth-order valence-corrected chi connectivity index (χ4v) is 3.79. The quantitative estimate of drug-likeness (QED) is 0.337. The van der Waals surface area contributed by atoms with E-state index < -0.39 is 9.84 Å². The number of nitrogens with zero attached hydrogens (tertiary/aromatic N) is 3. The molecule has 0 bridgehead atoms. The Bertz CT molecular complexity index is 600. The third kappa shape index (κ3) is 2.78. The van der Waals surface area contributed by atoms with Gasteiger partial charge in [0.05, 0.1) is 17.2 Å². The van der Waals surface area contributed by atoms with E-state index in [1.165, 1.54) is 0 Å². The first kappa shape index (κ1) is 13.6. The molecule has 0 radical (unpaired) electrons. The highest BCUT2D eigenvalue weighted by atomic mass is 32.2. The summed E-state index contributed by atoms with van der Waals surface area (Å²) in [5, 5.41) is 11.7. The summed E-state index contributed by atoms with van der Waals surface area (Å²) >= 11 is 0. The molecule has 8 heteroatoms. The molecule has 0 spiro atoms. The molecule has 1 unspecified atom stereocenters.